The van der Waals surface area contributed by atoms with Crippen molar-refractivity contribution in [3.8, 4) is 28.6 Å². The van der Waals surface area contributed by atoms with Gasteiger partial charge in [-0.05, 0) is 79.6 Å². The number of H-pyrrole nitrogens is 1. The molecule has 260 valence electrons. The summed E-state index contributed by atoms with van der Waals surface area (Å²) in [6.07, 6.45) is 6.47. The van der Waals surface area contributed by atoms with Gasteiger partial charge in [0.15, 0.2) is 23.0 Å². The molecule has 0 aliphatic rings. The minimum atomic E-state index is -1.88. The fourth-order valence-corrected chi connectivity index (χ4v) is 6.49. The fourth-order valence-electron chi connectivity index (χ4n) is 5.66. The van der Waals surface area contributed by atoms with Crippen LogP contribution in [0.5, 0.6) is 17.2 Å². The summed E-state index contributed by atoms with van der Waals surface area (Å²) in [5.41, 5.74) is 4.50. The van der Waals surface area contributed by atoms with Crippen LogP contribution in [-0.2, 0) is 11.3 Å². The van der Waals surface area contributed by atoms with Crippen LogP contribution in [-0.4, -0.2) is 38.6 Å². The summed E-state index contributed by atoms with van der Waals surface area (Å²) in [6.45, 7) is 4.74. The van der Waals surface area contributed by atoms with Gasteiger partial charge >= 0.3 is 17.4 Å². The Labute approximate surface area is 299 Å². The lowest BCUT2D eigenvalue weighted by Crippen LogP contribution is -2.29. The third-order valence-corrected chi connectivity index (χ3v) is 9.21. The lowest BCUT2D eigenvalue weighted by Gasteiger charge is -2.18. The van der Waals surface area contributed by atoms with Crippen LogP contribution in [0.15, 0.2) is 91.0 Å². The van der Waals surface area contributed by atoms with Gasteiger partial charge < -0.3 is 13.7 Å². The number of aromatic nitrogens is 3. The number of anilines is 2. The number of carbonyl (C=O) groups excluding carboxylic acids is 1. The highest BCUT2D eigenvalue weighted by Crippen LogP contribution is 2.32. The summed E-state index contributed by atoms with van der Waals surface area (Å²) in [6, 6.07) is 27.3. The van der Waals surface area contributed by atoms with E-state index in [-0.39, 0.29) is 0 Å². The molecule has 2 N–H and O–H groups in total. The molecular weight excluding hydrogens is 674 g/mol. The minimum Gasteiger partial charge on any atom is -0.490 e. The van der Waals surface area contributed by atoms with Crippen LogP contribution in [0.3, 0.4) is 0 Å². The van der Waals surface area contributed by atoms with Crippen LogP contribution in [0.2, 0.25) is 5.02 Å². The Kier molecular flexibility index (Phi) is 11.2. The van der Waals surface area contributed by atoms with Crippen LogP contribution in [0.25, 0.3) is 27.9 Å². The number of unbranched alkanes of at least 4 members (excludes halogenated alkanes) is 5. The van der Waals surface area contributed by atoms with E-state index < -0.39 is 17.4 Å². The van der Waals surface area contributed by atoms with Crippen molar-refractivity contribution in [1.29, 1.82) is 0 Å². The van der Waals surface area contributed by atoms with Crippen LogP contribution in [0.4, 0.5) is 16.2 Å². The van der Waals surface area contributed by atoms with E-state index in [1.807, 2.05) is 78.2 Å². The standard InChI is InChI=1S/C38H40ClN5O5S/c1-4-5-6-7-8-9-21-47-34-20-19-26(2)22-35(34)49-50(46)42-29-15-10-13-27(23-29)37-40-36-25-31-32(17-12-18-33(31)44(36)41-37)43(3)38(45)48-30-16-11-14-28(39)24-30/h10-20,22-25,42H,4-9,21H2,1-3H3,(H,40,41). The van der Waals surface area contributed by atoms with Crippen molar-refractivity contribution in [3.05, 3.63) is 102 Å². The normalized spacial score (nSPS) is 11.8. The quantitative estimate of drug-likeness (QED) is 0.103. The Morgan fingerprint density at radius 2 is 1.74 bits per heavy atom. The van der Waals surface area contributed by atoms with E-state index in [4.69, 9.17) is 30.2 Å². The Bertz CT molecular complexity index is 2130. The summed E-state index contributed by atoms with van der Waals surface area (Å²) in [4.78, 5) is 19.2. The van der Waals surface area contributed by atoms with Crippen molar-refractivity contribution in [2.75, 3.05) is 23.3 Å². The molecule has 0 spiro atoms. The van der Waals surface area contributed by atoms with Crippen molar-refractivity contribution in [3.63, 3.8) is 0 Å². The number of rotatable bonds is 15. The monoisotopic (exact) mass is 713 g/mol. The first-order valence-corrected chi connectivity index (χ1v) is 18.2. The number of nitrogens with one attached hydrogen (secondary N) is 2. The third kappa shape index (κ3) is 8.40. The zero-order valence-electron chi connectivity index (χ0n) is 28.3. The van der Waals surface area contributed by atoms with Gasteiger partial charge in [-0.3, -0.25) is 14.7 Å². The molecule has 0 aliphatic heterocycles. The number of amides is 1. The van der Waals surface area contributed by atoms with Gasteiger partial charge in [-0.25, -0.2) is 14.3 Å². The number of halogens is 1. The topological polar surface area (TPSA) is 110 Å². The first-order valence-electron chi connectivity index (χ1n) is 16.7. The second-order valence-electron chi connectivity index (χ2n) is 12.1. The van der Waals surface area contributed by atoms with Gasteiger partial charge in [-0.2, -0.15) is 4.21 Å². The molecular formula is C38H40ClN5O5S. The highest BCUT2D eigenvalue weighted by molar-refractivity contribution is 7.82. The van der Waals surface area contributed by atoms with Crippen LogP contribution in [0.1, 0.15) is 51.0 Å². The van der Waals surface area contributed by atoms with E-state index in [0.29, 0.717) is 51.7 Å². The molecule has 1 unspecified atom stereocenters. The summed E-state index contributed by atoms with van der Waals surface area (Å²) < 4.78 is 35.3. The molecule has 12 heteroatoms. The molecule has 0 bridgehead atoms. The zero-order valence-corrected chi connectivity index (χ0v) is 29.9. The smallest absolute Gasteiger partial charge is 0.419 e. The van der Waals surface area contributed by atoms with Crippen molar-refractivity contribution in [1.82, 2.24) is 14.6 Å². The van der Waals surface area contributed by atoms with E-state index >= 15 is 0 Å². The van der Waals surface area contributed by atoms with E-state index in [9.17, 15) is 9.00 Å². The van der Waals surface area contributed by atoms with E-state index in [0.717, 1.165) is 34.9 Å². The Morgan fingerprint density at radius 1 is 0.940 bits per heavy atom. The lowest BCUT2D eigenvalue weighted by molar-refractivity contribution is 0.209. The molecule has 2 aromatic heterocycles. The van der Waals surface area contributed by atoms with Gasteiger partial charge in [0.1, 0.15) is 5.75 Å². The second-order valence-corrected chi connectivity index (χ2v) is 13.3. The number of fused-ring (bicyclic) bond motifs is 3. The first kappa shape index (κ1) is 34.8. The number of hydrogen-bond donors (Lipinski definition) is 2. The third-order valence-electron chi connectivity index (χ3n) is 8.24. The molecule has 2 heterocycles. The fraction of sp³-hybridized carbons (Fsp3) is 0.263. The van der Waals surface area contributed by atoms with Crippen molar-refractivity contribution in [2.45, 2.75) is 52.4 Å². The number of carbonyl (C=O) groups is 1. The maximum absolute atomic E-state index is 13.1. The summed E-state index contributed by atoms with van der Waals surface area (Å²) in [7, 11) is 1.65. The lowest BCUT2D eigenvalue weighted by atomic mass is 10.1. The Morgan fingerprint density at radius 3 is 2.58 bits per heavy atom. The number of aryl methyl sites for hydroxylation is 1. The molecule has 0 saturated carbocycles. The van der Waals surface area contributed by atoms with Gasteiger partial charge in [0.2, 0.25) is 0 Å². The first-order chi connectivity index (χ1) is 24.3. The second kappa shape index (κ2) is 16.1. The number of aromatic amines is 1. The van der Waals surface area contributed by atoms with Gasteiger partial charge in [0.25, 0.3) is 0 Å². The molecule has 10 nitrogen and oxygen atoms in total. The van der Waals surface area contributed by atoms with Crippen molar-refractivity contribution in [2.24, 2.45) is 0 Å². The molecule has 1 amide bonds. The zero-order chi connectivity index (χ0) is 35.0. The molecule has 50 heavy (non-hydrogen) atoms. The largest absolute Gasteiger partial charge is 0.490 e. The Balaban J connectivity index is 1.13. The number of ether oxygens (including phenoxy) is 2. The van der Waals surface area contributed by atoms with Crippen molar-refractivity contribution < 1.29 is 22.7 Å². The number of nitrogens with zero attached hydrogens (tertiary/aromatic N) is 3. The molecule has 0 saturated heterocycles. The average molecular weight is 714 g/mol. The molecule has 6 rings (SSSR count). The van der Waals surface area contributed by atoms with E-state index in [2.05, 4.69) is 16.7 Å². The maximum Gasteiger partial charge on any atom is 0.419 e. The molecule has 6 aromatic rings. The van der Waals surface area contributed by atoms with E-state index in [1.165, 1.54) is 30.6 Å². The summed E-state index contributed by atoms with van der Waals surface area (Å²) in [5, 5.41) is 4.65. The van der Waals surface area contributed by atoms with E-state index in [1.54, 1.807) is 31.3 Å². The number of hydrogen-bond acceptors (Lipinski definition) is 6. The minimum absolute atomic E-state index is 0.358. The molecule has 0 radical (unpaired) electrons. The molecule has 0 fully saturated rings. The van der Waals surface area contributed by atoms with Gasteiger partial charge in [-0.1, -0.05) is 81.0 Å². The highest BCUT2D eigenvalue weighted by atomic mass is 35.5. The van der Waals surface area contributed by atoms with Crippen LogP contribution in [0, 0.1) is 6.92 Å². The molecule has 1 atom stereocenters. The van der Waals surface area contributed by atoms with Crippen LogP contribution >= 0.6 is 11.6 Å². The maximum atomic E-state index is 13.1. The SMILES string of the molecule is CCCCCCCCOc1ccc(C)cc1OS(=O)Nc1cccc(-c2nc3cc4c(N(C)C(=O)Oc5cccc(Cl)c5)cccc4n3[nH]2)c1. The predicted octanol–water partition coefficient (Wildman–Crippen LogP) is 9.89. The van der Waals surface area contributed by atoms with Crippen molar-refractivity contribution >= 4 is 56.9 Å². The summed E-state index contributed by atoms with van der Waals surface area (Å²) >= 11 is 4.17. The average Bonchev–Trinajstić information content (AvgIpc) is 3.67. The van der Waals surface area contributed by atoms with Gasteiger partial charge in [0, 0.05) is 23.0 Å². The van der Waals surface area contributed by atoms with Crippen LogP contribution < -0.4 is 23.3 Å². The molecule has 0 aliphatic carbocycles. The number of benzene rings is 4. The highest BCUT2D eigenvalue weighted by Gasteiger charge is 2.19. The predicted molar refractivity (Wildman–Crippen MR) is 201 cm³/mol. The van der Waals surface area contributed by atoms with Gasteiger partial charge in [-0.15, -0.1) is 0 Å². The molecule has 4 aromatic carbocycles. The van der Waals surface area contributed by atoms with Gasteiger partial charge in [0.05, 0.1) is 23.5 Å². The summed E-state index contributed by atoms with van der Waals surface area (Å²) in [5.74, 6) is 1.96. The Hall–Kier alpha value is -5.00.